The molecular formula is C9H10Cl2N2OS. The van der Waals surface area contributed by atoms with E-state index in [0.29, 0.717) is 11.2 Å². The molecule has 1 unspecified atom stereocenters. The number of rotatable bonds is 1. The third-order valence-electron chi connectivity index (χ3n) is 2.69. The van der Waals surface area contributed by atoms with E-state index in [9.17, 15) is 4.79 Å². The van der Waals surface area contributed by atoms with E-state index in [2.05, 4.69) is 4.99 Å². The van der Waals surface area contributed by atoms with Crippen molar-refractivity contribution in [3.63, 3.8) is 0 Å². The summed E-state index contributed by atoms with van der Waals surface area (Å²) < 4.78 is 0.849. The molecule has 82 valence electrons. The van der Waals surface area contributed by atoms with E-state index in [-0.39, 0.29) is 5.91 Å². The number of carbonyl (C=O) groups is 1. The second-order valence-electron chi connectivity index (χ2n) is 3.93. The molecule has 1 aromatic heterocycles. The topological polar surface area (TPSA) is 34.4 Å². The molecule has 0 saturated heterocycles. The Morgan fingerprint density at radius 3 is 2.67 bits per heavy atom. The van der Waals surface area contributed by atoms with E-state index in [4.69, 9.17) is 23.2 Å². The highest BCUT2D eigenvalue weighted by atomic mass is 35.5. The van der Waals surface area contributed by atoms with Crippen LogP contribution in [0.3, 0.4) is 0 Å². The summed E-state index contributed by atoms with van der Waals surface area (Å²) in [7, 11) is 1.84. The minimum Gasteiger partial charge on any atom is -0.327 e. The van der Waals surface area contributed by atoms with E-state index in [1.165, 1.54) is 11.3 Å². The third kappa shape index (κ3) is 1.75. The summed E-state index contributed by atoms with van der Waals surface area (Å²) in [5, 5.41) is 1.87. The Morgan fingerprint density at radius 2 is 2.27 bits per heavy atom. The fourth-order valence-electron chi connectivity index (χ4n) is 1.28. The van der Waals surface area contributed by atoms with E-state index in [0.717, 1.165) is 0 Å². The zero-order valence-electron chi connectivity index (χ0n) is 8.33. The van der Waals surface area contributed by atoms with Crippen molar-refractivity contribution >= 4 is 40.4 Å². The van der Waals surface area contributed by atoms with Crippen LogP contribution in [0.4, 0.5) is 0 Å². The SMILES string of the molecule is Cn1ccsc1=NC(=O)C1(C)CC1(Cl)Cl. The molecule has 0 spiro atoms. The van der Waals surface area contributed by atoms with Gasteiger partial charge in [-0.05, 0) is 13.3 Å². The lowest BCUT2D eigenvalue weighted by Gasteiger charge is -2.05. The van der Waals surface area contributed by atoms with Crippen molar-refractivity contribution in [2.75, 3.05) is 0 Å². The number of hydrogen-bond donors (Lipinski definition) is 0. The maximum atomic E-state index is 11.8. The molecule has 0 aromatic carbocycles. The molecule has 0 aliphatic heterocycles. The lowest BCUT2D eigenvalue weighted by molar-refractivity contribution is -0.122. The Kier molecular flexibility index (Phi) is 2.48. The van der Waals surface area contributed by atoms with Gasteiger partial charge in [-0.1, -0.05) is 0 Å². The van der Waals surface area contributed by atoms with E-state index in [1.54, 1.807) is 11.5 Å². The summed E-state index contributed by atoms with van der Waals surface area (Å²) in [5.41, 5.74) is -0.715. The van der Waals surface area contributed by atoms with Crippen molar-refractivity contribution in [3.8, 4) is 0 Å². The van der Waals surface area contributed by atoms with E-state index < -0.39 is 9.75 Å². The number of hydrogen-bond acceptors (Lipinski definition) is 2. The van der Waals surface area contributed by atoms with Gasteiger partial charge in [-0.2, -0.15) is 4.99 Å². The molecule has 15 heavy (non-hydrogen) atoms. The Balaban J connectivity index is 2.30. The highest BCUT2D eigenvalue weighted by molar-refractivity contribution is 7.07. The van der Waals surface area contributed by atoms with Crippen LogP contribution >= 0.6 is 34.5 Å². The summed E-state index contributed by atoms with van der Waals surface area (Å²) in [6, 6.07) is 0. The van der Waals surface area contributed by atoms with Crippen LogP contribution in [0.5, 0.6) is 0 Å². The Hall–Kier alpha value is -0.320. The zero-order valence-corrected chi connectivity index (χ0v) is 10.7. The quantitative estimate of drug-likeness (QED) is 0.716. The predicted octanol–water partition coefficient (Wildman–Crippen LogP) is 2.10. The fraction of sp³-hybridized carbons (Fsp3) is 0.556. The molecule has 1 aliphatic carbocycles. The molecule has 1 saturated carbocycles. The molecule has 0 bridgehead atoms. The molecule has 6 heteroatoms. The van der Waals surface area contributed by atoms with Crippen LogP contribution < -0.4 is 4.80 Å². The van der Waals surface area contributed by atoms with Gasteiger partial charge < -0.3 is 4.57 Å². The minimum atomic E-state index is -0.941. The van der Waals surface area contributed by atoms with Crippen molar-refractivity contribution in [2.24, 2.45) is 17.5 Å². The van der Waals surface area contributed by atoms with Crippen LogP contribution in [0.1, 0.15) is 13.3 Å². The molecule has 1 aromatic rings. The average molecular weight is 265 g/mol. The number of nitrogens with zero attached hydrogens (tertiary/aromatic N) is 2. The van der Waals surface area contributed by atoms with Gasteiger partial charge in [-0.15, -0.1) is 34.5 Å². The molecule has 0 radical (unpaired) electrons. The van der Waals surface area contributed by atoms with Crippen LogP contribution in [0.15, 0.2) is 16.6 Å². The number of aromatic nitrogens is 1. The summed E-state index contributed by atoms with van der Waals surface area (Å²) in [5.74, 6) is -0.245. The van der Waals surface area contributed by atoms with Gasteiger partial charge in [0, 0.05) is 18.6 Å². The summed E-state index contributed by atoms with van der Waals surface area (Å²) in [6.45, 7) is 1.74. The lowest BCUT2D eigenvalue weighted by Crippen LogP contribution is -2.21. The molecule has 2 rings (SSSR count). The highest BCUT2D eigenvalue weighted by Crippen LogP contribution is 2.64. The molecular weight excluding hydrogens is 255 g/mol. The van der Waals surface area contributed by atoms with Gasteiger partial charge >= 0.3 is 0 Å². The number of amides is 1. The van der Waals surface area contributed by atoms with Crippen LogP contribution in [-0.4, -0.2) is 14.8 Å². The van der Waals surface area contributed by atoms with Gasteiger partial charge in [-0.25, -0.2) is 0 Å². The molecule has 1 aliphatic rings. The van der Waals surface area contributed by atoms with Gasteiger partial charge in [0.2, 0.25) is 0 Å². The standard InChI is InChI=1S/C9H10Cl2N2OS/c1-8(5-9(8,10)11)6(14)12-7-13(2)3-4-15-7/h3-4H,5H2,1-2H3. The van der Waals surface area contributed by atoms with Crippen LogP contribution in [0.25, 0.3) is 0 Å². The number of alkyl halides is 2. The van der Waals surface area contributed by atoms with Crippen LogP contribution in [-0.2, 0) is 11.8 Å². The summed E-state index contributed by atoms with van der Waals surface area (Å²) in [6.07, 6.45) is 2.32. The fourth-order valence-corrected chi connectivity index (χ4v) is 2.70. The van der Waals surface area contributed by atoms with Crippen LogP contribution in [0, 0.1) is 5.41 Å². The van der Waals surface area contributed by atoms with Gasteiger partial charge in [0.05, 0.1) is 5.41 Å². The first-order valence-corrected chi connectivity index (χ1v) is 6.07. The zero-order chi connectivity index (χ0) is 11.3. The Labute approximate surface area is 101 Å². The van der Waals surface area contributed by atoms with Crippen molar-refractivity contribution in [3.05, 3.63) is 16.4 Å². The second-order valence-corrected chi connectivity index (χ2v) is 6.28. The van der Waals surface area contributed by atoms with Crippen molar-refractivity contribution in [1.29, 1.82) is 0 Å². The molecule has 3 nitrogen and oxygen atoms in total. The lowest BCUT2D eigenvalue weighted by atomic mass is 10.1. The third-order valence-corrected chi connectivity index (χ3v) is 4.64. The van der Waals surface area contributed by atoms with E-state index in [1.807, 2.05) is 18.6 Å². The Bertz CT molecular complexity index is 476. The first-order valence-electron chi connectivity index (χ1n) is 4.44. The first-order chi connectivity index (χ1) is 6.87. The van der Waals surface area contributed by atoms with Gasteiger partial charge in [-0.3, -0.25) is 4.79 Å². The monoisotopic (exact) mass is 264 g/mol. The van der Waals surface area contributed by atoms with Crippen LogP contribution in [0.2, 0.25) is 0 Å². The van der Waals surface area contributed by atoms with Gasteiger partial charge in [0.25, 0.3) is 5.91 Å². The van der Waals surface area contributed by atoms with Gasteiger partial charge in [0.15, 0.2) is 4.80 Å². The molecule has 1 heterocycles. The maximum Gasteiger partial charge on any atom is 0.257 e. The second kappa shape index (κ2) is 3.34. The minimum absolute atomic E-state index is 0.245. The number of aryl methyl sites for hydroxylation is 1. The number of halogens is 2. The normalized spacial score (nSPS) is 29.2. The van der Waals surface area contributed by atoms with Crippen molar-refractivity contribution in [2.45, 2.75) is 17.7 Å². The first kappa shape index (κ1) is 11.2. The molecule has 1 amide bonds. The van der Waals surface area contributed by atoms with Gasteiger partial charge in [0.1, 0.15) is 4.33 Å². The smallest absolute Gasteiger partial charge is 0.257 e. The average Bonchev–Trinajstić information content (AvgIpc) is 2.48. The maximum absolute atomic E-state index is 11.8. The summed E-state index contributed by atoms with van der Waals surface area (Å²) in [4.78, 5) is 16.5. The molecule has 0 N–H and O–H groups in total. The number of thiazole rings is 1. The Morgan fingerprint density at radius 1 is 1.67 bits per heavy atom. The largest absolute Gasteiger partial charge is 0.327 e. The predicted molar refractivity (Wildman–Crippen MR) is 61.0 cm³/mol. The summed E-state index contributed by atoms with van der Waals surface area (Å²) >= 11 is 13.2. The van der Waals surface area contributed by atoms with E-state index >= 15 is 0 Å². The highest BCUT2D eigenvalue weighted by Gasteiger charge is 2.68. The van der Waals surface area contributed by atoms with Crippen molar-refractivity contribution in [1.82, 2.24) is 4.57 Å². The van der Waals surface area contributed by atoms with Crippen molar-refractivity contribution < 1.29 is 4.79 Å². The number of carbonyl (C=O) groups excluding carboxylic acids is 1. The molecule has 1 fully saturated rings. The molecule has 1 atom stereocenters.